The topological polar surface area (TPSA) is 0 Å². The molecule has 0 heterocycles. The summed E-state index contributed by atoms with van der Waals surface area (Å²) >= 11 is 12.7. The van der Waals surface area contributed by atoms with Crippen LogP contribution in [0.15, 0.2) is 60.7 Å². The summed E-state index contributed by atoms with van der Waals surface area (Å²) in [6.07, 6.45) is 2.05. The Morgan fingerprint density at radius 3 is 2.22 bits per heavy atom. The van der Waals surface area contributed by atoms with E-state index in [0.717, 1.165) is 5.56 Å². The summed E-state index contributed by atoms with van der Waals surface area (Å²) in [5.41, 5.74) is 4.64. The smallest absolute Gasteiger partial charge is 0.0790 e. The van der Waals surface area contributed by atoms with Gasteiger partial charge in [-0.05, 0) is 22.3 Å². The van der Waals surface area contributed by atoms with Crippen LogP contribution in [0, 0.1) is 0 Å². The highest BCUT2D eigenvalue weighted by atomic mass is 35.5. The fourth-order valence-corrected chi connectivity index (χ4v) is 2.88. The van der Waals surface area contributed by atoms with Crippen molar-refractivity contribution >= 4 is 28.8 Å². The first kappa shape index (κ1) is 11.8. The van der Waals surface area contributed by atoms with Crippen molar-refractivity contribution in [1.82, 2.24) is 0 Å². The van der Waals surface area contributed by atoms with Crippen LogP contribution in [0.2, 0.25) is 0 Å². The first-order valence-electron chi connectivity index (χ1n) is 5.92. The minimum absolute atomic E-state index is 0.157. The lowest BCUT2D eigenvalue weighted by Crippen LogP contribution is -2.13. The number of alkyl halides is 2. The van der Waals surface area contributed by atoms with E-state index in [4.69, 9.17) is 23.2 Å². The molecular formula is C16H12Cl2. The van der Waals surface area contributed by atoms with Gasteiger partial charge in [-0.1, -0.05) is 60.7 Å². The molecule has 0 N–H and O–H groups in total. The fraction of sp³-hybridized carbons (Fsp3) is 0.125. The van der Waals surface area contributed by atoms with E-state index in [9.17, 15) is 0 Å². The molecule has 18 heavy (non-hydrogen) atoms. The predicted octanol–water partition coefficient (Wildman–Crippen LogP) is 5.02. The maximum absolute atomic E-state index is 6.37. The molecule has 0 spiro atoms. The van der Waals surface area contributed by atoms with Crippen LogP contribution >= 0.6 is 23.2 Å². The highest BCUT2D eigenvalue weighted by molar-refractivity contribution is 6.32. The standard InChI is InChI=1S/C16H12Cl2/c17-15-10-14(11-6-2-1-3-7-11)12-8-4-5-9-13(12)16(15)18/h1-10,15-16H/t15-,16-/m0/s1. The van der Waals surface area contributed by atoms with Crippen molar-refractivity contribution in [2.75, 3.05) is 0 Å². The highest BCUT2D eigenvalue weighted by Crippen LogP contribution is 2.41. The molecule has 0 fully saturated rings. The molecule has 0 nitrogen and oxygen atoms in total. The average molecular weight is 275 g/mol. The second-order valence-corrected chi connectivity index (χ2v) is 5.35. The zero-order valence-electron chi connectivity index (χ0n) is 9.68. The zero-order chi connectivity index (χ0) is 12.5. The molecule has 0 radical (unpaired) electrons. The fourth-order valence-electron chi connectivity index (χ4n) is 2.36. The Hall–Kier alpha value is -1.24. The van der Waals surface area contributed by atoms with Crippen molar-refractivity contribution < 1.29 is 0 Å². The summed E-state index contributed by atoms with van der Waals surface area (Å²) in [7, 11) is 0. The minimum Gasteiger partial charge on any atom is -0.116 e. The third kappa shape index (κ3) is 1.96. The van der Waals surface area contributed by atoms with Gasteiger partial charge in [0.25, 0.3) is 0 Å². The van der Waals surface area contributed by atoms with E-state index in [-0.39, 0.29) is 10.8 Å². The van der Waals surface area contributed by atoms with Gasteiger partial charge < -0.3 is 0 Å². The number of allylic oxidation sites excluding steroid dienone is 1. The van der Waals surface area contributed by atoms with Gasteiger partial charge in [0.15, 0.2) is 0 Å². The first-order valence-corrected chi connectivity index (χ1v) is 6.79. The van der Waals surface area contributed by atoms with E-state index in [2.05, 4.69) is 30.3 Å². The predicted molar refractivity (Wildman–Crippen MR) is 78.2 cm³/mol. The monoisotopic (exact) mass is 274 g/mol. The highest BCUT2D eigenvalue weighted by Gasteiger charge is 2.26. The van der Waals surface area contributed by atoms with Crippen molar-refractivity contribution in [2.24, 2.45) is 0 Å². The quantitative estimate of drug-likeness (QED) is 0.641. The lowest BCUT2D eigenvalue weighted by Gasteiger charge is -2.25. The van der Waals surface area contributed by atoms with Gasteiger partial charge in [-0.3, -0.25) is 0 Å². The number of benzene rings is 2. The normalized spacial score (nSPS) is 22.2. The Kier molecular flexibility index (Phi) is 3.15. The maximum atomic E-state index is 6.37. The van der Waals surface area contributed by atoms with Gasteiger partial charge in [0.05, 0.1) is 10.8 Å². The summed E-state index contributed by atoms with van der Waals surface area (Å²) in [6.45, 7) is 0. The summed E-state index contributed by atoms with van der Waals surface area (Å²) in [4.78, 5) is 0. The lowest BCUT2D eigenvalue weighted by molar-refractivity contribution is 0.943. The third-order valence-corrected chi connectivity index (χ3v) is 4.25. The van der Waals surface area contributed by atoms with Gasteiger partial charge in [-0.2, -0.15) is 0 Å². The zero-order valence-corrected chi connectivity index (χ0v) is 11.2. The van der Waals surface area contributed by atoms with Crippen LogP contribution in [0.4, 0.5) is 0 Å². The van der Waals surface area contributed by atoms with Gasteiger partial charge in [0.1, 0.15) is 0 Å². The van der Waals surface area contributed by atoms with Crippen molar-refractivity contribution in [3.63, 3.8) is 0 Å². The third-order valence-electron chi connectivity index (χ3n) is 3.24. The summed E-state index contributed by atoms with van der Waals surface area (Å²) in [6, 6.07) is 18.5. The Labute approximate surface area is 117 Å². The van der Waals surface area contributed by atoms with Crippen LogP contribution in [0.5, 0.6) is 0 Å². The Morgan fingerprint density at radius 2 is 1.44 bits per heavy atom. The molecule has 2 atom stereocenters. The van der Waals surface area contributed by atoms with E-state index in [0.29, 0.717) is 0 Å². The molecule has 0 bridgehead atoms. The molecule has 0 aliphatic heterocycles. The van der Waals surface area contributed by atoms with Crippen LogP contribution in [-0.2, 0) is 0 Å². The van der Waals surface area contributed by atoms with E-state index >= 15 is 0 Å². The number of halogens is 2. The van der Waals surface area contributed by atoms with Crippen LogP contribution in [0.3, 0.4) is 0 Å². The first-order chi connectivity index (χ1) is 8.77. The molecule has 90 valence electrons. The molecule has 0 saturated heterocycles. The van der Waals surface area contributed by atoms with Crippen LogP contribution in [0.1, 0.15) is 22.1 Å². The molecule has 1 aliphatic carbocycles. The molecule has 0 amide bonds. The molecule has 0 aromatic heterocycles. The molecule has 2 aromatic rings. The molecule has 0 unspecified atom stereocenters. The van der Waals surface area contributed by atoms with Crippen LogP contribution < -0.4 is 0 Å². The largest absolute Gasteiger partial charge is 0.116 e. The molecular weight excluding hydrogens is 263 g/mol. The van der Waals surface area contributed by atoms with E-state index in [1.807, 2.05) is 30.3 Å². The average Bonchev–Trinajstić information content (AvgIpc) is 2.44. The van der Waals surface area contributed by atoms with Crippen LogP contribution in [-0.4, -0.2) is 5.38 Å². The summed E-state index contributed by atoms with van der Waals surface area (Å²) in [5.74, 6) is 0. The lowest BCUT2D eigenvalue weighted by atomic mass is 9.86. The second kappa shape index (κ2) is 4.79. The SMILES string of the molecule is Cl[C@H]1C=C(c2ccccc2)c2ccccc2[C@@H]1Cl. The molecule has 2 aromatic carbocycles. The van der Waals surface area contributed by atoms with Gasteiger partial charge in [-0.25, -0.2) is 0 Å². The van der Waals surface area contributed by atoms with Crippen molar-refractivity contribution in [3.8, 4) is 0 Å². The number of rotatable bonds is 1. The maximum Gasteiger partial charge on any atom is 0.0790 e. The van der Waals surface area contributed by atoms with Gasteiger partial charge >= 0.3 is 0 Å². The van der Waals surface area contributed by atoms with Gasteiger partial charge in [0, 0.05) is 0 Å². The van der Waals surface area contributed by atoms with Crippen molar-refractivity contribution in [2.45, 2.75) is 10.8 Å². The Bertz CT molecular complexity index is 587. The Morgan fingerprint density at radius 1 is 0.778 bits per heavy atom. The van der Waals surface area contributed by atoms with E-state index in [1.165, 1.54) is 16.7 Å². The number of hydrogen-bond acceptors (Lipinski definition) is 0. The van der Waals surface area contributed by atoms with Gasteiger partial charge in [-0.15, -0.1) is 23.2 Å². The molecule has 2 heteroatoms. The molecule has 0 saturated carbocycles. The number of hydrogen-bond donors (Lipinski definition) is 0. The Balaban J connectivity index is 2.18. The van der Waals surface area contributed by atoms with Crippen molar-refractivity contribution in [1.29, 1.82) is 0 Å². The van der Waals surface area contributed by atoms with E-state index < -0.39 is 0 Å². The van der Waals surface area contributed by atoms with Crippen molar-refractivity contribution in [3.05, 3.63) is 77.4 Å². The van der Waals surface area contributed by atoms with E-state index in [1.54, 1.807) is 0 Å². The van der Waals surface area contributed by atoms with Crippen LogP contribution in [0.25, 0.3) is 5.57 Å². The summed E-state index contributed by atoms with van der Waals surface area (Å²) < 4.78 is 0. The molecule has 3 rings (SSSR count). The minimum atomic E-state index is -0.170. The number of fused-ring (bicyclic) bond motifs is 1. The summed E-state index contributed by atoms with van der Waals surface area (Å²) in [5, 5.41) is -0.327. The van der Waals surface area contributed by atoms with Gasteiger partial charge in [0.2, 0.25) is 0 Å². The second-order valence-electron chi connectivity index (χ2n) is 4.38. The molecule has 1 aliphatic rings.